The van der Waals surface area contributed by atoms with Crippen LogP contribution in [0.1, 0.15) is 12.5 Å². The Morgan fingerprint density at radius 3 is 2.50 bits per heavy atom. The number of esters is 1. The van der Waals surface area contributed by atoms with E-state index in [0.717, 1.165) is 11.3 Å². The summed E-state index contributed by atoms with van der Waals surface area (Å²) in [7, 11) is 0. The van der Waals surface area contributed by atoms with Crippen LogP contribution in [0.4, 0.5) is 11.4 Å². The Hall–Kier alpha value is -1.22. The molecule has 0 aliphatic rings. The fraction of sp³-hybridized carbons (Fsp3) is 0.235. The molecule has 1 atom stereocenters. The Bertz CT molecular complexity index is 692. The van der Waals surface area contributed by atoms with E-state index in [9.17, 15) is 4.79 Å². The second-order valence-electron chi connectivity index (χ2n) is 5.26. The molecule has 4 nitrogen and oxygen atoms in total. The smallest absolute Gasteiger partial charge is 0.310 e. The maximum absolute atomic E-state index is 12.1. The number of hydrogen-bond acceptors (Lipinski definition) is 4. The van der Waals surface area contributed by atoms with Gasteiger partial charge < -0.3 is 14.4 Å². The van der Waals surface area contributed by atoms with Crippen LogP contribution in [0.3, 0.4) is 0 Å². The number of anilines is 2. The van der Waals surface area contributed by atoms with Gasteiger partial charge in [0.05, 0.1) is 22.2 Å². The molecule has 7 heteroatoms. The van der Waals surface area contributed by atoms with Crippen molar-refractivity contribution in [2.24, 2.45) is 0 Å². The number of carbonyl (C=O) groups is 1. The molecule has 0 amide bonds. The highest BCUT2D eigenvalue weighted by atomic mass is 35.5. The van der Waals surface area contributed by atoms with Crippen molar-refractivity contribution < 1.29 is 9.53 Å². The first-order chi connectivity index (χ1) is 11.5. The van der Waals surface area contributed by atoms with E-state index in [4.69, 9.17) is 27.9 Å². The molecule has 0 fully saturated rings. The molecule has 0 saturated heterocycles. The molecule has 0 saturated carbocycles. The highest BCUT2D eigenvalue weighted by molar-refractivity contribution is 6.39. The van der Waals surface area contributed by atoms with E-state index in [1.165, 1.54) is 0 Å². The quantitative estimate of drug-likeness (QED) is 0.566. The van der Waals surface area contributed by atoms with Crippen molar-refractivity contribution in [1.82, 2.24) is 4.30 Å². The lowest BCUT2D eigenvalue weighted by atomic mass is 10.1. The van der Waals surface area contributed by atoms with Crippen LogP contribution in [-0.2, 0) is 16.0 Å². The van der Waals surface area contributed by atoms with Gasteiger partial charge in [0.15, 0.2) is 0 Å². The molecule has 0 bridgehead atoms. The molecule has 24 heavy (non-hydrogen) atoms. The molecule has 0 heterocycles. The standard InChI is InChI=1S/C17H17Cl2N2O2.Al/c1-11(10-20)23-16(22)9-12-5-2-3-8-15(12)21-17-13(18)6-4-7-14(17)19;/h2-8,11,20-21H,9-10H2,1H3;/q-1;+1. The summed E-state index contributed by atoms with van der Waals surface area (Å²) >= 11 is 14.8. The zero-order chi connectivity index (χ0) is 17.5. The molecule has 1 unspecified atom stereocenters. The van der Waals surface area contributed by atoms with Gasteiger partial charge in [0.1, 0.15) is 6.10 Å². The summed E-state index contributed by atoms with van der Waals surface area (Å²) in [6.45, 7) is 2.41. The molecule has 2 radical (unpaired) electrons. The minimum absolute atomic E-state index is 0.159. The van der Waals surface area contributed by atoms with Gasteiger partial charge in [0.2, 0.25) is 0 Å². The molecule has 2 aromatic rings. The van der Waals surface area contributed by atoms with Crippen molar-refractivity contribution in [3.05, 3.63) is 58.1 Å². The average Bonchev–Trinajstić information content (AvgIpc) is 2.52. The highest BCUT2D eigenvalue weighted by Crippen LogP contribution is 2.33. The topological polar surface area (TPSA) is 50.4 Å². The van der Waals surface area contributed by atoms with Gasteiger partial charge in [-0.3, -0.25) is 4.79 Å². The summed E-state index contributed by atoms with van der Waals surface area (Å²) in [5.74, 6) is -0.290. The Morgan fingerprint density at radius 1 is 1.17 bits per heavy atom. The largest absolute Gasteiger partial charge is 0.461 e. The number of rotatable bonds is 7. The van der Waals surface area contributed by atoms with Gasteiger partial charge in [-0.05, 0) is 30.7 Å². The number of para-hydroxylation sites is 2. The minimum atomic E-state index is -0.290. The van der Waals surface area contributed by atoms with Crippen molar-refractivity contribution in [2.45, 2.75) is 19.4 Å². The fourth-order valence-corrected chi connectivity index (χ4v) is 3.00. The maximum atomic E-state index is 12.1. The van der Waals surface area contributed by atoms with Crippen LogP contribution < -0.4 is 9.62 Å². The third-order valence-corrected chi connectivity index (χ3v) is 4.18. The number of benzene rings is 2. The summed E-state index contributed by atoms with van der Waals surface area (Å²) in [5, 5.41) is 4.23. The zero-order valence-corrected chi connectivity index (χ0v) is 15.8. The predicted molar refractivity (Wildman–Crippen MR) is 99.2 cm³/mol. The maximum Gasteiger partial charge on any atom is 0.310 e. The van der Waals surface area contributed by atoms with Gasteiger partial charge in [0.25, 0.3) is 16.5 Å². The zero-order valence-electron chi connectivity index (χ0n) is 13.2. The van der Waals surface area contributed by atoms with Crippen molar-refractivity contribution in [2.75, 3.05) is 11.9 Å². The molecule has 2 N–H and O–H groups in total. The van der Waals surface area contributed by atoms with Crippen molar-refractivity contribution in [3.63, 3.8) is 0 Å². The van der Waals surface area contributed by atoms with E-state index in [1.807, 2.05) is 31.2 Å². The van der Waals surface area contributed by atoms with Crippen molar-refractivity contribution >= 4 is 57.1 Å². The van der Waals surface area contributed by atoms with Crippen LogP contribution in [0, 0.1) is 0 Å². The van der Waals surface area contributed by atoms with Gasteiger partial charge in [0, 0.05) is 12.2 Å². The molecule has 2 rings (SSSR count). The molecule has 2 aromatic carbocycles. The van der Waals surface area contributed by atoms with E-state index >= 15 is 0 Å². The Kier molecular flexibility index (Phi) is 7.42. The van der Waals surface area contributed by atoms with Crippen LogP contribution >= 0.6 is 23.2 Å². The summed E-state index contributed by atoms with van der Waals surface area (Å²) in [6.07, 6.45) is -0.0416. The number of carbonyl (C=O) groups excluding carboxylic acids is 1. The lowest BCUT2D eigenvalue weighted by Crippen LogP contribution is -2.27. The number of ether oxygens (including phenoxy) is 1. The first kappa shape index (κ1) is 19.1. The first-order valence-corrected chi connectivity index (χ1v) is 8.76. The minimum Gasteiger partial charge on any atom is -0.461 e. The SMILES string of the molecule is CC(C[NH][Al])OC(=O)Cc1ccccc1Nc1c(Cl)cccc1Cl. The van der Waals surface area contributed by atoms with Gasteiger partial charge in [-0.15, -0.1) is 0 Å². The monoisotopic (exact) mass is 378 g/mol. The van der Waals surface area contributed by atoms with Gasteiger partial charge in [-0.1, -0.05) is 47.5 Å². The molecule has 0 aromatic heterocycles. The molecular weight excluding hydrogens is 362 g/mol. The lowest BCUT2D eigenvalue weighted by molar-refractivity contribution is -0.147. The van der Waals surface area contributed by atoms with Crippen LogP contribution in [0.5, 0.6) is 0 Å². The number of nitrogens with one attached hydrogen (secondary N) is 2. The third kappa shape index (κ3) is 5.41. The number of hydrogen-bond donors (Lipinski definition) is 2. The van der Waals surface area contributed by atoms with Gasteiger partial charge in [-0.2, -0.15) is 0 Å². The highest BCUT2D eigenvalue weighted by Gasteiger charge is 2.13. The Balaban J connectivity index is 2.14. The van der Waals surface area contributed by atoms with E-state index in [2.05, 4.69) is 26.1 Å². The number of halogens is 2. The second-order valence-corrected chi connectivity index (χ2v) is 6.49. The molecule has 0 spiro atoms. The normalized spacial score (nSPS) is 11.8. The summed E-state index contributed by atoms with van der Waals surface area (Å²) in [4.78, 5) is 12.1. The van der Waals surface area contributed by atoms with Crippen LogP contribution in [0.2, 0.25) is 10.0 Å². The van der Waals surface area contributed by atoms with Crippen LogP contribution in [0.15, 0.2) is 42.5 Å². The molecular formula is C17H17AlCl2N2O2. The van der Waals surface area contributed by atoms with Crippen LogP contribution in [-0.4, -0.2) is 35.1 Å². The van der Waals surface area contributed by atoms with E-state index in [-0.39, 0.29) is 18.5 Å². The van der Waals surface area contributed by atoms with Crippen molar-refractivity contribution in [3.8, 4) is 0 Å². The molecule has 124 valence electrons. The van der Waals surface area contributed by atoms with E-state index in [0.29, 0.717) is 22.3 Å². The fourth-order valence-electron chi connectivity index (χ4n) is 2.18. The molecule has 0 aliphatic carbocycles. The van der Waals surface area contributed by atoms with E-state index < -0.39 is 0 Å². The van der Waals surface area contributed by atoms with Gasteiger partial charge in [-0.25, -0.2) is 0 Å². The molecule has 0 aliphatic heterocycles. The lowest BCUT2D eigenvalue weighted by Gasteiger charge is -2.16. The Labute approximate surface area is 160 Å². The predicted octanol–water partition coefficient (Wildman–Crippen LogP) is 3.88. The summed E-state index contributed by atoms with van der Waals surface area (Å²) < 4.78 is 8.24. The van der Waals surface area contributed by atoms with E-state index in [1.54, 1.807) is 18.2 Å². The summed E-state index contributed by atoms with van der Waals surface area (Å²) in [6, 6.07) is 12.8. The average molecular weight is 379 g/mol. The van der Waals surface area contributed by atoms with Crippen LogP contribution in [0.25, 0.3) is 0 Å². The van der Waals surface area contributed by atoms with Gasteiger partial charge >= 0.3 is 5.97 Å². The summed E-state index contributed by atoms with van der Waals surface area (Å²) in [5.41, 5.74) is 2.19. The Morgan fingerprint density at radius 2 is 1.83 bits per heavy atom. The second kappa shape index (κ2) is 9.31. The first-order valence-electron chi connectivity index (χ1n) is 7.43. The third-order valence-electron chi connectivity index (χ3n) is 3.31. The van der Waals surface area contributed by atoms with Crippen molar-refractivity contribution in [1.29, 1.82) is 0 Å².